The lowest BCUT2D eigenvalue weighted by atomic mass is 10.1. The van der Waals surface area contributed by atoms with Crippen LogP contribution in [0.4, 0.5) is 5.69 Å². The van der Waals surface area contributed by atoms with Crippen LogP contribution in [-0.4, -0.2) is 26.1 Å². The van der Waals surface area contributed by atoms with Gasteiger partial charge in [0.05, 0.1) is 0 Å². The van der Waals surface area contributed by atoms with Gasteiger partial charge in [-0.2, -0.15) is 0 Å². The number of anilines is 1. The van der Waals surface area contributed by atoms with Gasteiger partial charge in [-0.1, -0.05) is 32.0 Å². The Bertz CT molecular complexity index is 424. The van der Waals surface area contributed by atoms with Gasteiger partial charge in [0.15, 0.2) is 5.96 Å². The second-order valence-corrected chi connectivity index (χ2v) is 5.19. The van der Waals surface area contributed by atoms with E-state index >= 15 is 0 Å². The second kappa shape index (κ2) is 5.89. The van der Waals surface area contributed by atoms with Gasteiger partial charge < -0.3 is 10.2 Å². The van der Waals surface area contributed by atoms with E-state index in [0.717, 1.165) is 31.4 Å². The molecule has 3 nitrogen and oxygen atoms in total. The highest BCUT2D eigenvalue weighted by molar-refractivity contribution is 5.97. The van der Waals surface area contributed by atoms with Gasteiger partial charge in [-0.3, -0.25) is 4.99 Å². The van der Waals surface area contributed by atoms with Gasteiger partial charge in [0, 0.05) is 25.8 Å². The highest BCUT2D eigenvalue weighted by atomic mass is 15.3. The van der Waals surface area contributed by atoms with Crippen LogP contribution >= 0.6 is 0 Å². The molecular weight excluding hydrogens is 222 g/mol. The zero-order valence-electron chi connectivity index (χ0n) is 11.6. The largest absolute Gasteiger partial charge is 0.356 e. The Hall–Kier alpha value is -1.51. The molecule has 98 valence electrons. The number of aliphatic imine (C=N–C) groups is 1. The fraction of sp³-hybridized carbons (Fsp3) is 0.533. The number of nitrogens with one attached hydrogen (secondary N) is 1. The van der Waals surface area contributed by atoms with Gasteiger partial charge in [0.2, 0.25) is 0 Å². The molecule has 1 aliphatic rings. The third-order valence-corrected chi connectivity index (χ3v) is 3.36. The lowest BCUT2D eigenvalue weighted by molar-refractivity contribution is 0.576. The van der Waals surface area contributed by atoms with Crippen LogP contribution in [0.5, 0.6) is 0 Å². The van der Waals surface area contributed by atoms with Crippen LogP contribution in [-0.2, 0) is 6.42 Å². The summed E-state index contributed by atoms with van der Waals surface area (Å²) in [5.74, 6) is 1.72. The van der Waals surface area contributed by atoms with Crippen LogP contribution in [0.3, 0.4) is 0 Å². The molecule has 1 heterocycles. The minimum absolute atomic E-state index is 0.724. The molecule has 1 aliphatic heterocycles. The highest BCUT2D eigenvalue weighted by Gasteiger charge is 2.21. The zero-order valence-corrected chi connectivity index (χ0v) is 11.6. The summed E-state index contributed by atoms with van der Waals surface area (Å²) in [6.07, 6.45) is 2.29. The highest BCUT2D eigenvalue weighted by Crippen LogP contribution is 2.27. The Kier molecular flexibility index (Phi) is 4.24. The van der Waals surface area contributed by atoms with Crippen molar-refractivity contribution < 1.29 is 0 Å². The van der Waals surface area contributed by atoms with E-state index in [0.29, 0.717) is 0 Å². The number of fused-ring (bicyclic) bond motifs is 1. The first-order valence-corrected chi connectivity index (χ1v) is 6.78. The van der Waals surface area contributed by atoms with Crippen LogP contribution < -0.4 is 10.2 Å². The number of para-hydroxylation sites is 1. The predicted molar refractivity (Wildman–Crippen MR) is 78.3 cm³/mol. The van der Waals surface area contributed by atoms with E-state index < -0.39 is 0 Å². The Morgan fingerprint density at radius 1 is 1.39 bits per heavy atom. The van der Waals surface area contributed by atoms with Crippen molar-refractivity contribution in [2.75, 3.05) is 25.0 Å². The van der Waals surface area contributed by atoms with Crippen molar-refractivity contribution >= 4 is 11.6 Å². The van der Waals surface area contributed by atoms with Crippen molar-refractivity contribution in [1.29, 1.82) is 0 Å². The van der Waals surface area contributed by atoms with Crippen LogP contribution in [0.25, 0.3) is 0 Å². The number of nitrogens with zero attached hydrogens (tertiary/aromatic N) is 2. The maximum atomic E-state index is 4.40. The smallest absolute Gasteiger partial charge is 0.198 e. The molecule has 0 amide bonds. The van der Waals surface area contributed by atoms with Gasteiger partial charge in [0.1, 0.15) is 0 Å². The van der Waals surface area contributed by atoms with Crippen molar-refractivity contribution in [2.45, 2.75) is 26.7 Å². The van der Waals surface area contributed by atoms with Gasteiger partial charge in [-0.15, -0.1) is 0 Å². The summed E-state index contributed by atoms with van der Waals surface area (Å²) in [6.45, 7) is 6.51. The fourth-order valence-electron chi connectivity index (χ4n) is 2.33. The van der Waals surface area contributed by atoms with Crippen LogP contribution in [0, 0.1) is 5.92 Å². The Morgan fingerprint density at radius 3 is 2.89 bits per heavy atom. The van der Waals surface area contributed by atoms with Gasteiger partial charge >= 0.3 is 0 Å². The molecule has 0 aromatic heterocycles. The molecule has 0 saturated carbocycles. The van der Waals surface area contributed by atoms with Gasteiger partial charge in [0.25, 0.3) is 0 Å². The molecule has 0 fully saturated rings. The molecule has 0 bridgehead atoms. The topological polar surface area (TPSA) is 27.6 Å². The maximum Gasteiger partial charge on any atom is 0.198 e. The molecular formula is C15H23N3. The third-order valence-electron chi connectivity index (χ3n) is 3.36. The van der Waals surface area contributed by atoms with Gasteiger partial charge in [-0.05, 0) is 30.4 Å². The summed E-state index contributed by atoms with van der Waals surface area (Å²) in [5, 5.41) is 3.46. The number of guanidine groups is 1. The molecule has 1 N–H and O–H groups in total. The van der Waals surface area contributed by atoms with Crippen molar-refractivity contribution in [3.8, 4) is 0 Å². The fourth-order valence-corrected chi connectivity index (χ4v) is 2.33. The molecule has 0 atom stereocenters. The van der Waals surface area contributed by atoms with E-state index in [1.54, 1.807) is 0 Å². The van der Waals surface area contributed by atoms with E-state index in [2.05, 4.69) is 53.3 Å². The number of hydrogen-bond donors (Lipinski definition) is 1. The van der Waals surface area contributed by atoms with Crippen molar-refractivity contribution in [1.82, 2.24) is 5.32 Å². The number of hydrogen-bond acceptors (Lipinski definition) is 1. The van der Waals surface area contributed by atoms with E-state index in [9.17, 15) is 0 Å². The normalized spacial score (nSPS) is 15.1. The van der Waals surface area contributed by atoms with Crippen molar-refractivity contribution in [2.24, 2.45) is 10.9 Å². The van der Waals surface area contributed by atoms with Crippen molar-refractivity contribution in [3.63, 3.8) is 0 Å². The van der Waals surface area contributed by atoms with Crippen LogP contribution in [0.2, 0.25) is 0 Å². The molecule has 0 aliphatic carbocycles. The molecule has 18 heavy (non-hydrogen) atoms. The SMILES string of the molecule is CN=C(NCCC(C)C)N1CCc2ccccc21. The molecule has 3 heteroatoms. The average molecular weight is 245 g/mol. The standard InChI is InChI=1S/C15H23N3/c1-12(2)8-10-17-15(16-3)18-11-9-13-6-4-5-7-14(13)18/h4-7,12H,8-11H2,1-3H3,(H,16,17). The summed E-state index contributed by atoms with van der Waals surface area (Å²) in [7, 11) is 1.86. The zero-order chi connectivity index (χ0) is 13.0. The molecule has 0 spiro atoms. The van der Waals surface area contributed by atoms with Crippen molar-refractivity contribution in [3.05, 3.63) is 29.8 Å². The first-order chi connectivity index (χ1) is 8.72. The Morgan fingerprint density at radius 2 is 2.17 bits per heavy atom. The quantitative estimate of drug-likeness (QED) is 0.655. The third kappa shape index (κ3) is 2.84. The van der Waals surface area contributed by atoms with Crippen LogP contribution in [0.1, 0.15) is 25.8 Å². The van der Waals surface area contributed by atoms with Gasteiger partial charge in [-0.25, -0.2) is 0 Å². The van der Waals surface area contributed by atoms with E-state index in [1.165, 1.54) is 17.7 Å². The summed E-state index contributed by atoms with van der Waals surface area (Å²) in [4.78, 5) is 6.68. The lowest BCUT2D eigenvalue weighted by Gasteiger charge is -2.22. The number of benzene rings is 1. The average Bonchev–Trinajstić information content (AvgIpc) is 2.78. The Labute approximate surface area is 110 Å². The summed E-state index contributed by atoms with van der Waals surface area (Å²) < 4.78 is 0. The van der Waals surface area contributed by atoms with E-state index in [-0.39, 0.29) is 0 Å². The first-order valence-electron chi connectivity index (χ1n) is 6.78. The predicted octanol–water partition coefficient (Wildman–Crippen LogP) is 2.67. The summed E-state index contributed by atoms with van der Waals surface area (Å²) >= 11 is 0. The summed E-state index contributed by atoms with van der Waals surface area (Å²) in [6, 6.07) is 8.59. The van der Waals surface area contributed by atoms with E-state index in [4.69, 9.17) is 0 Å². The second-order valence-electron chi connectivity index (χ2n) is 5.19. The Balaban J connectivity index is 2.02. The molecule has 0 unspecified atom stereocenters. The van der Waals surface area contributed by atoms with E-state index in [1.807, 2.05) is 7.05 Å². The molecule has 1 aromatic rings. The molecule has 0 saturated heterocycles. The minimum atomic E-state index is 0.724. The molecule has 2 rings (SSSR count). The minimum Gasteiger partial charge on any atom is -0.356 e. The monoisotopic (exact) mass is 245 g/mol. The van der Waals surface area contributed by atoms with Crippen LogP contribution in [0.15, 0.2) is 29.3 Å². The summed E-state index contributed by atoms with van der Waals surface area (Å²) in [5.41, 5.74) is 2.72. The molecule has 1 aromatic carbocycles. The lowest BCUT2D eigenvalue weighted by Crippen LogP contribution is -2.41. The maximum absolute atomic E-state index is 4.40. The molecule has 0 radical (unpaired) electrons. The number of rotatable bonds is 3. The first kappa shape index (κ1) is 12.9.